The van der Waals surface area contributed by atoms with Crippen molar-refractivity contribution in [1.29, 1.82) is 0 Å². The van der Waals surface area contributed by atoms with E-state index in [1.807, 2.05) is 18.2 Å². The van der Waals surface area contributed by atoms with Crippen LogP contribution in [0.25, 0.3) is 21.5 Å². The fourth-order valence-corrected chi connectivity index (χ4v) is 4.91. The zero-order valence-corrected chi connectivity index (χ0v) is 20.3. The van der Waals surface area contributed by atoms with E-state index in [0.717, 1.165) is 36.1 Å². The first kappa shape index (κ1) is 21.8. The highest BCUT2D eigenvalue weighted by Gasteiger charge is 2.22. The molecule has 33 heavy (non-hydrogen) atoms. The Morgan fingerprint density at radius 1 is 0.909 bits per heavy atom. The van der Waals surface area contributed by atoms with Crippen molar-refractivity contribution in [3.8, 4) is 5.75 Å². The molecule has 0 aromatic heterocycles. The number of allylic oxidation sites excluding steroid dienone is 2. The molecule has 0 bridgehead atoms. The van der Waals surface area contributed by atoms with Crippen molar-refractivity contribution in [2.45, 2.75) is 32.3 Å². The standard InChI is InChI=1S/C25H21BrO.C5H6O/c1-16-14-19(9-13-25(16)26)27-20-8-12-22-18(15-20)7-11-23-21-5-3-2-4-17(21)6-10-24(22)23;1-2-4-6-5-3-1/h2-7,9-11,13-14,20H,8,12,15H2,1H3;1-4H,5H2. The van der Waals surface area contributed by atoms with E-state index in [4.69, 9.17) is 9.47 Å². The predicted molar refractivity (Wildman–Crippen MR) is 141 cm³/mol. The number of rotatable bonds is 2. The first-order valence-corrected chi connectivity index (χ1v) is 12.3. The van der Waals surface area contributed by atoms with Crippen LogP contribution in [0.1, 0.15) is 23.1 Å². The van der Waals surface area contributed by atoms with Crippen molar-refractivity contribution >= 4 is 37.5 Å². The second kappa shape index (κ2) is 9.84. The topological polar surface area (TPSA) is 18.5 Å². The van der Waals surface area contributed by atoms with Gasteiger partial charge in [0.25, 0.3) is 0 Å². The molecular formula is C30H27BrO2. The van der Waals surface area contributed by atoms with E-state index in [2.05, 4.69) is 89.6 Å². The molecule has 1 unspecified atom stereocenters. The molecule has 6 rings (SSSR count). The lowest BCUT2D eigenvalue weighted by molar-refractivity contribution is 0.185. The lowest BCUT2D eigenvalue weighted by Gasteiger charge is -2.27. The van der Waals surface area contributed by atoms with Crippen LogP contribution in [0.5, 0.6) is 5.75 Å². The van der Waals surface area contributed by atoms with Gasteiger partial charge in [0.15, 0.2) is 0 Å². The fraction of sp³-hybridized carbons (Fsp3) is 0.200. The van der Waals surface area contributed by atoms with Gasteiger partial charge < -0.3 is 9.47 Å². The van der Waals surface area contributed by atoms with Crippen LogP contribution in [0, 0.1) is 6.92 Å². The van der Waals surface area contributed by atoms with Crippen molar-refractivity contribution in [2.24, 2.45) is 0 Å². The van der Waals surface area contributed by atoms with Crippen LogP contribution in [0.4, 0.5) is 0 Å². The normalized spacial score (nSPS) is 16.6. The van der Waals surface area contributed by atoms with Crippen LogP contribution >= 0.6 is 15.9 Å². The number of hydrogen-bond acceptors (Lipinski definition) is 2. The third-order valence-corrected chi connectivity index (χ3v) is 7.23. The maximum atomic E-state index is 6.31. The van der Waals surface area contributed by atoms with Gasteiger partial charge in [-0.3, -0.25) is 0 Å². The van der Waals surface area contributed by atoms with Gasteiger partial charge in [0.2, 0.25) is 0 Å². The number of hydrogen-bond donors (Lipinski definition) is 0. The molecule has 2 nitrogen and oxygen atoms in total. The smallest absolute Gasteiger partial charge is 0.120 e. The maximum absolute atomic E-state index is 6.31. The Kier molecular flexibility index (Phi) is 6.50. The summed E-state index contributed by atoms with van der Waals surface area (Å²) in [4.78, 5) is 0. The van der Waals surface area contributed by atoms with Crippen molar-refractivity contribution < 1.29 is 9.47 Å². The molecule has 4 aromatic carbocycles. The van der Waals surface area contributed by atoms with Crippen LogP contribution < -0.4 is 4.74 Å². The molecule has 0 saturated carbocycles. The molecule has 0 N–H and O–H groups in total. The molecular weight excluding hydrogens is 472 g/mol. The molecule has 4 aromatic rings. The third-order valence-electron chi connectivity index (χ3n) is 6.35. The van der Waals surface area contributed by atoms with E-state index in [0.29, 0.717) is 0 Å². The summed E-state index contributed by atoms with van der Waals surface area (Å²) in [5.74, 6) is 0.968. The average molecular weight is 499 g/mol. The summed E-state index contributed by atoms with van der Waals surface area (Å²) in [6.45, 7) is 2.83. The number of benzene rings is 4. The predicted octanol–water partition coefficient (Wildman–Crippen LogP) is 8.09. The second-order valence-electron chi connectivity index (χ2n) is 8.57. The monoisotopic (exact) mass is 498 g/mol. The molecule has 0 radical (unpaired) electrons. The van der Waals surface area contributed by atoms with Gasteiger partial charge in [-0.25, -0.2) is 0 Å². The van der Waals surface area contributed by atoms with Gasteiger partial charge in [0.1, 0.15) is 18.5 Å². The number of aryl methyl sites for hydroxylation is 2. The Morgan fingerprint density at radius 2 is 1.79 bits per heavy atom. The minimum Gasteiger partial charge on any atom is -0.497 e. The highest BCUT2D eigenvalue weighted by molar-refractivity contribution is 9.10. The van der Waals surface area contributed by atoms with Crippen LogP contribution in [-0.2, 0) is 17.6 Å². The number of fused-ring (bicyclic) bond motifs is 5. The van der Waals surface area contributed by atoms with Crippen molar-refractivity contribution in [3.05, 3.63) is 112 Å². The number of ether oxygens (including phenoxy) is 2. The molecule has 1 aliphatic heterocycles. The summed E-state index contributed by atoms with van der Waals surface area (Å²) >= 11 is 3.56. The average Bonchev–Trinajstić information content (AvgIpc) is 2.87. The summed E-state index contributed by atoms with van der Waals surface area (Å²) in [5.41, 5.74) is 4.15. The second-order valence-corrected chi connectivity index (χ2v) is 9.42. The summed E-state index contributed by atoms with van der Waals surface area (Å²) in [6, 6.07) is 24.1. The van der Waals surface area contributed by atoms with E-state index in [-0.39, 0.29) is 6.10 Å². The Labute approximate surface area is 203 Å². The Bertz CT molecular complexity index is 1340. The molecule has 0 saturated heterocycles. The number of halogens is 1. The molecule has 1 atom stereocenters. The molecule has 0 spiro atoms. The molecule has 1 aliphatic carbocycles. The fourth-order valence-electron chi connectivity index (χ4n) is 4.66. The van der Waals surface area contributed by atoms with Gasteiger partial charge in [-0.1, -0.05) is 70.5 Å². The van der Waals surface area contributed by atoms with Gasteiger partial charge in [-0.15, -0.1) is 0 Å². The summed E-state index contributed by atoms with van der Waals surface area (Å²) < 4.78 is 12.2. The first-order chi connectivity index (χ1) is 16.2. The van der Waals surface area contributed by atoms with Crippen LogP contribution in [-0.4, -0.2) is 12.7 Å². The lowest BCUT2D eigenvalue weighted by Crippen LogP contribution is -2.25. The van der Waals surface area contributed by atoms with Gasteiger partial charge in [-0.2, -0.15) is 0 Å². The maximum Gasteiger partial charge on any atom is 0.120 e. The van der Waals surface area contributed by atoms with Gasteiger partial charge in [0, 0.05) is 10.9 Å². The highest BCUT2D eigenvalue weighted by atomic mass is 79.9. The van der Waals surface area contributed by atoms with E-state index in [1.54, 1.807) is 6.26 Å². The van der Waals surface area contributed by atoms with Crippen molar-refractivity contribution in [1.82, 2.24) is 0 Å². The molecule has 1 heterocycles. The summed E-state index contributed by atoms with van der Waals surface area (Å²) in [6.07, 6.45) is 10.8. The Hall–Kier alpha value is -3.04. The Balaban J connectivity index is 0.000000332. The SMILES string of the molecule is C1=CCOC=C1.Cc1cc(OC2CCc3c(ccc4c3ccc3ccccc34)C2)ccc1Br. The van der Waals surface area contributed by atoms with Gasteiger partial charge >= 0.3 is 0 Å². The van der Waals surface area contributed by atoms with Crippen LogP contribution in [0.3, 0.4) is 0 Å². The van der Waals surface area contributed by atoms with Gasteiger partial charge in [0.05, 0.1) is 6.26 Å². The minimum absolute atomic E-state index is 0.246. The zero-order valence-electron chi connectivity index (χ0n) is 18.8. The molecule has 0 amide bonds. The summed E-state index contributed by atoms with van der Waals surface area (Å²) in [5, 5.41) is 5.44. The third kappa shape index (κ3) is 4.84. The lowest BCUT2D eigenvalue weighted by atomic mass is 9.85. The molecule has 3 heteroatoms. The van der Waals surface area contributed by atoms with E-state index in [9.17, 15) is 0 Å². The quantitative estimate of drug-likeness (QED) is 0.260. The Morgan fingerprint density at radius 3 is 2.55 bits per heavy atom. The zero-order chi connectivity index (χ0) is 22.6. The molecule has 0 fully saturated rings. The summed E-state index contributed by atoms with van der Waals surface area (Å²) in [7, 11) is 0. The van der Waals surface area contributed by atoms with Gasteiger partial charge in [-0.05, 0) is 88.4 Å². The largest absolute Gasteiger partial charge is 0.497 e. The van der Waals surface area contributed by atoms with E-state index in [1.165, 1.54) is 38.2 Å². The highest BCUT2D eigenvalue weighted by Crippen LogP contribution is 2.34. The van der Waals surface area contributed by atoms with E-state index < -0.39 is 0 Å². The van der Waals surface area contributed by atoms with Crippen molar-refractivity contribution in [3.63, 3.8) is 0 Å². The molecule has 166 valence electrons. The van der Waals surface area contributed by atoms with Crippen molar-refractivity contribution in [2.75, 3.05) is 6.61 Å². The van der Waals surface area contributed by atoms with E-state index >= 15 is 0 Å². The minimum atomic E-state index is 0.246. The van der Waals surface area contributed by atoms with Crippen LogP contribution in [0.15, 0.2) is 95.7 Å². The first-order valence-electron chi connectivity index (χ1n) is 11.5. The molecule has 2 aliphatic rings. The van der Waals surface area contributed by atoms with Crippen LogP contribution in [0.2, 0.25) is 0 Å².